The lowest BCUT2D eigenvalue weighted by atomic mass is 10.1. The average molecular weight is 431 g/mol. The normalized spacial score (nSPS) is 16.7. The van der Waals surface area contributed by atoms with Gasteiger partial charge in [-0.05, 0) is 69.3 Å². The van der Waals surface area contributed by atoms with Crippen LogP contribution >= 0.6 is 0 Å². The molecule has 1 fully saturated rings. The molecule has 1 unspecified atom stereocenters. The van der Waals surface area contributed by atoms with Gasteiger partial charge >= 0.3 is 6.09 Å². The number of phenolic OH excluding ortho intramolecular Hbond substituents is 1. The minimum atomic E-state index is -0.529. The molecule has 0 radical (unpaired) electrons. The van der Waals surface area contributed by atoms with Crippen molar-refractivity contribution in [2.24, 2.45) is 0 Å². The molecule has 1 amide bonds. The molecule has 2 aromatic heterocycles. The molecule has 4 aromatic rings. The van der Waals surface area contributed by atoms with E-state index in [1.807, 2.05) is 51.1 Å². The number of nitrogens with zero attached hydrogens (tertiary/aromatic N) is 3. The molecule has 0 bridgehead atoms. The van der Waals surface area contributed by atoms with Crippen LogP contribution in [-0.4, -0.2) is 43.2 Å². The average Bonchev–Trinajstić information content (AvgIpc) is 3.38. The number of imidazole rings is 1. The Morgan fingerprint density at radius 1 is 1.16 bits per heavy atom. The van der Waals surface area contributed by atoms with Gasteiger partial charge in [0, 0.05) is 23.7 Å². The number of phenols is 1. The van der Waals surface area contributed by atoms with Crippen molar-refractivity contribution in [2.75, 3.05) is 6.54 Å². The topological polar surface area (TPSA) is 91.3 Å². The molecule has 2 N–H and O–H groups in total. The van der Waals surface area contributed by atoms with E-state index in [0.717, 1.165) is 51.7 Å². The van der Waals surface area contributed by atoms with Crippen LogP contribution in [0.2, 0.25) is 0 Å². The Morgan fingerprint density at radius 2 is 2.00 bits per heavy atom. The fraction of sp³-hybridized carbons (Fsp3) is 0.320. The molecule has 5 rings (SSSR count). The van der Waals surface area contributed by atoms with Crippen LogP contribution in [0.15, 0.2) is 48.7 Å². The summed E-state index contributed by atoms with van der Waals surface area (Å²) in [7, 11) is 0. The van der Waals surface area contributed by atoms with Gasteiger partial charge in [-0.25, -0.2) is 9.78 Å². The molecule has 2 aromatic carbocycles. The summed E-state index contributed by atoms with van der Waals surface area (Å²) < 4.78 is 5.59. The van der Waals surface area contributed by atoms with E-state index in [0.29, 0.717) is 6.54 Å². The predicted molar refractivity (Wildman–Crippen MR) is 123 cm³/mol. The number of hydrogen-bond acceptors (Lipinski definition) is 5. The minimum Gasteiger partial charge on any atom is -0.508 e. The maximum atomic E-state index is 12.7. The first-order chi connectivity index (χ1) is 15.3. The number of nitrogens with one attached hydrogen (secondary N) is 1. The van der Waals surface area contributed by atoms with Gasteiger partial charge < -0.3 is 14.8 Å². The van der Waals surface area contributed by atoms with Gasteiger partial charge in [-0.3, -0.25) is 9.88 Å². The summed E-state index contributed by atoms with van der Waals surface area (Å²) >= 11 is 0. The summed E-state index contributed by atoms with van der Waals surface area (Å²) in [4.78, 5) is 27.2. The Hall–Kier alpha value is -3.61. The van der Waals surface area contributed by atoms with Gasteiger partial charge in [0.05, 0.1) is 22.8 Å². The molecule has 0 saturated carbocycles. The molecule has 3 heterocycles. The number of aromatic nitrogens is 3. The molecule has 1 saturated heterocycles. The largest absolute Gasteiger partial charge is 0.508 e. The number of ether oxygens (including phenoxy) is 1. The molecule has 7 heteroatoms. The number of aromatic hydroxyl groups is 1. The van der Waals surface area contributed by atoms with E-state index < -0.39 is 5.60 Å². The summed E-state index contributed by atoms with van der Waals surface area (Å²) in [6.07, 6.45) is 3.24. The number of fused-ring (bicyclic) bond motifs is 2. The van der Waals surface area contributed by atoms with E-state index >= 15 is 0 Å². The smallest absolute Gasteiger partial charge is 0.410 e. The number of aromatic amines is 1. The van der Waals surface area contributed by atoms with Crippen molar-refractivity contribution in [3.63, 3.8) is 0 Å². The molecule has 7 nitrogen and oxygen atoms in total. The van der Waals surface area contributed by atoms with Crippen LogP contribution in [0.5, 0.6) is 5.75 Å². The number of pyridine rings is 1. The lowest BCUT2D eigenvalue weighted by molar-refractivity contribution is 0.0219. The Morgan fingerprint density at radius 3 is 2.81 bits per heavy atom. The number of rotatable bonds is 2. The van der Waals surface area contributed by atoms with E-state index in [-0.39, 0.29) is 17.9 Å². The molecule has 0 spiro atoms. The fourth-order valence-corrected chi connectivity index (χ4v) is 4.22. The number of hydrogen-bond donors (Lipinski definition) is 2. The highest BCUT2D eigenvalue weighted by atomic mass is 16.6. The predicted octanol–water partition coefficient (Wildman–Crippen LogP) is 5.56. The zero-order chi connectivity index (χ0) is 22.5. The number of carbonyl (C=O) groups excluding carboxylic acids is 1. The third kappa shape index (κ3) is 3.86. The Bertz CT molecular complexity index is 1320. The number of carbonyl (C=O) groups is 1. The Kier molecular flexibility index (Phi) is 4.77. The van der Waals surface area contributed by atoms with Crippen molar-refractivity contribution in [1.82, 2.24) is 19.9 Å². The van der Waals surface area contributed by atoms with E-state index in [9.17, 15) is 9.90 Å². The SMILES string of the molecule is CC(C)(C)OC(=O)N1CCCC1c1nc2ccc(-c3cc4ccc(O)cc4cn3)cc2[nH]1. The van der Waals surface area contributed by atoms with Gasteiger partial charge in [0.15, 0.2) is 0 Å². The Balaban J connectivity index is 1.45. The van der Waals surface area contributed by atoms with Gasteiger partial charge in [0.2, 0.25) is 0 Å². The number of H-pyrrole nitrogens is 1. The first-order valence-corrected chi connectivity index (χ1v) is 10.9. The van der Waals surface area contributed by atoms with Crippen LogP contribution in [0.4, 0.5) is 4.79 Å². The molecular formula is C25H26N4O3. The second kappa shape index (κ2) is 7.51. The van der Waals surface area contributed by atoms with Gasteiger partial charge in [0.25, 0.3) is 0 Å². The first kappa shape index (κ1) is 20.3. The van der Waals surface area contributed by atoms with E-state index in [4.69, 9.17) is 9.72 Å². The molecule has 1 aliphatic heterocycles. The molecule has 164 valence electrons. The molecule has 32 heavy (non-hydrogen) atoms. The maximum Gasteiger partial charge on any atom is 0.410 e. The highest BCUT2D eigenvalue weighted by Gasteiger charge is 2.34. The molecule has 0 aliphatic carbocycles. The highest BCUT2D eigenvalue weighted by Crippen LogP contribution is 2.33. The van der Waals surface area contributed by atoms with Gasteiger partial charge in [-0.1, -0.05) is 12.1 Å². The summed E-state index contributed by atoms with van der Waals surface area (Å²) in [6.45, 7) is 6.30. The number of amides is 1. The number of benzene rings is 2. The summed E-state index contributed by atoms with van der Waals surface area (Å²) in [6, 6.07) is 13.2. The van der Waals surface area contributed by atoms with Crippen LogP contribution < -0.4 is 0 Å². The summed E-state index contributed by atoms with van der Waals surface area (Å²) in [5, 5.41) is 11.6. The summed E-state index contributed by atoms with van der Waals surface area (Å²) in [5.74, 6) is 1.01. The Labute approximate surface area is 186 Å². The van der Waals surface area contributed by atoms with Crippen LogP contribution in [0, 0.1) is 0 Å². The standard InChI is InChI=1S/C25H26N4O3/c1-25(2,3)32-24(31)29-10-4-5-22(29)23-27-19-9-7-16(13-21(19)28-23)20-12-15-6-8-18(30)11-17(15)14-26-20/h6-9,11-14,22,30H,4-5,10H2,1-3H3,(H,27,28). The monoisotopic (exact) mass is 430 g/mol. The van der Waals surface area contributed by atoms with Crippen LogP contribution in [0.1, 0.15) is 45.5 Å². The van der Waals surface area contributed by atoms with Crippen LogP contribution in [0.25, 0.3) is 33.1 Å². The molecular weight excluding hydrogens is 404 g/mol. The summed E-state index contributed by atoms with van der Waals surface area (Å²) in [5.41, 5.74) is 3.04. The third-order valence-electron chi connectivity index (χ3n) is 5.70. The van der Waals surface area contributed by atoms with Crippen molar-refractivity contribution in [1.29, 1.82) is 0 Å². The van der Waals surface area contributed by atoms with Gasteiger partial charge in [-0.2, -0.15) is 0 Å². The second-order valence-corrected chi connectivity index (χ2v) is 9.29. The van der Waals surface area contributed by atoms with Gasteiger partial charge in [-0.15, -0.1) is 0 Å². The maximum absolute atomic E-state index is 12.7. The second-order valence-electron chi connectivity index (χ2n) is 9.29. The van der Waals surface area contributed by atoms with Crippen LogP contribution in [-0.2, 0) is 4.74 Å². The van der Waals surface area contributed by atoms with Crippen molar-refractivity contribution in [2.45, 2.75) is 45.3 Å². The zero-order valence-corrected chi connectivity index (χ0v) is 18.4. The van der Waals surface area contributed by atoms with Crippen molar-refractivity contribution < 1.29 is 14.6 Å². The lowest BCUT2D eigenvalue weighted by Gasteiger charge is -2.27. The highest BCUT2D eigenvalue weighted by molar-refractivity contribution is 5.88. The van der Waals surface area contributed by atoms with E-state index in [1.54, 1.807) is 23.2 Å². The first-order valence-electron chi connectivity index (χ1n) is 10.9. The van der Waals surface area contributed by atoms with E-state index in [2.05, 4.69) is 9.97 Å². The zero-order valence-electron chi connectivity index (χ0n) is 18.4. The lowest BCUT2D eigenvalue weighted by Crippen LogP contribution is -2.36. The van der Waals surface area contributed by atoms with Crippen molar-refractivity contribution in [3.8, 4) is 17.0 Å². The third-order valence-corrected chi connectivity index (χ3v) is 5.70. The molecule has 1 aliphatic rings. The number of likely N-dealkylation sites (tertiary alicyclic amines) is 1. The van der Waals surface area contributed by atoms with Gasteiger partial charge in [0.1, 0.15) is 17.2 Å². The van der Waals surface area contributed by atoms with Crippen molar-refractivity contribution >= 4 is 27.9 Å². The van der Waals surface area contributed by atoms with Crippen LogP contribution in [0.3, 0.4) is 0 Å². The minimum absolute atomic E-state index is 0.118. The quantitative estimate of drug-likeness (QED) is 0.435. The van der Waals surface area contributed by atoms with Crippen molar-refractivity contribution in [3.05, 3.63) is 54.5 Å². The van der Waals surface area contributed by atoms with E-state index in [1.165, 1.54) is 0 Å². The fourth-order valence-electron chi connectivity index (χ4n) is 4.22. The molecule has 1 atom stereocenters.